The quantitative estimate of drug-likeness (QED) is 0.725. The molecule has 1 aliphatic rings. The molecule has 1 aromatic carbocycles. The van der Waals surface area contributed by atoms with Crippen molar-refractivity contribution in [2.24, 2.45) is 12.8 Å². The van der Waals surface area contributed by atoms with Crippen LogP contribution in [0.2, 0.25) is 0 Å². The van der Waals surface area contributed by atoms with Gasteiger partial charge in [0.15, 0.2) is 0 Å². The minimum atomic E-state index is 0.508. The molecule has 7 heteroatoms. The number of benzene rings is 1. The summed E-state index contributed by atoms with van der Waals surface area (Å²) < 4.78 is 7.88. The normalized spacial score (nSPS) is 13.4. The van der Waals surface area contributed by atoms with E-state index in [1.165, 1.54) is 12.8 Å². The second-order valence-electron chi connectivity index (χ2n) is 6.66. The molecule has 27 heavy (non-hydrogen) atoms. The molecule has 7 nitrogen and oxygen atoms in total. The first-order valence-corrected chi connectivity index (χ1v) is 8.95. The zero-order valence-electron chi connectivity index (χ0n) is 15.1. The van der Waals surface area contributed by atoms with E-state index in [2.05, 4.69) is 21.1 Å². The fourth-order valence-corrected chi connectivity index (χ4v) is 2.92. The molecular weight excluding hydrogens is 340 g/mol. The molecular formula is C20H20N6O. The van der Waals surface area contributed by atoms with Gasteiger partial charge in [0, 0.05) is 49.0 Å². The van der Waals surface area contributed by atoms with Crippen molar-refractivity contribution in [1.29, 1.82) is 5.26 Å². The number of aromatic nitrogens is 4. The lowest BCUT2D eigenvalue weighted by Gasteiger charge is -2.11. The summed E-state index contributed by atoms with van der Waals surface area (Å²) in [6, 6.07) is 9.47. The van der Waals surface area contributed by atoms with Crippen LogP contribution in [0.5, 0.6) is 11.6 Å². The molecule has 0 saturated heterocycles. The number of nitriles is 1. The Morgan fingerprint density at radius 3 is 2.70 bits per heavy atom. The summed E-state index contributed by atoms with van der Waals surface area (Å²) in [4.78, 5) is 8.72. The van der Waals surface area contributed by atoms with Crippen LogP contribution >= 0.6 is 0 Å². The zero-order chi connectivity index (χ0) is 18.8. The lowest BCUT2D eigenvalue weighted by Crippen LogP contribution is -2.06. The molecule has 0 atom stereocenters. The van der Waals surface area contributed by atoms with Crippen LogP contribution in [0, 0.1) is 11.3 Å². The smallest absolute Gasteiger partial charge is 0.217 e. The Morgan fingerprint density at radius 1 is 1.26 bits per heavy atom. The fourth-order valence-electron chi connectivity index (χ4n) is 2.92. The maximum absolute atomic E-state index is 9.27. The Hall–Kier alpha value is -3.24. The summed E-state index contributed by atoms with van der Waals surface area (Å²) in [5.41, 5.74) is 8.78. The van der Waals surface area contributed by atoms with Gasteiger partial charge in [0.25, 0.3) is 0 Å². The first kappa shape index (κ1) is 17.2. The lowest BCUT2D eigenvalue weighted by molar-refractivity contribution is 0.432. The molecule has 2 N–H and O–H groups in total. The second kappa shape index (κ2) is 7.17. The van der Waals surface area contributed by atoms with Crippen LogP contribution in [0.25, 0.3) is 11.1 Å². The van der Waals surface area contributed by atoms with Gasteiger partial charge in [0.05, 0.1) is 17.3 Å². The Labute approximate surface area is 157 Å². The molecule has 0 radical (unpaired) electrons. The van der Waals surface area contributed by atoms with E-state index in [9.17, 15) is 5.26 Å². The minimum absolute atomic E-state index is 0.508. The van der Waals surface area contributed by atoms with Crippen molar-refractivity contribution in [3.8, 4) is 28.8 Å². The highest BCUT2D eigenvalue weighted by Crippen LogP contribution is 2.41. The third-order valence-corrected chi connectivity index (χ3v) is 4.56. The van der Waals surface area contributed by atoms with Gasteiger partial charge in [0.1, 0.15) is 11.6 Å². The third-order valence-electron chi connectivity index (χ3n) is 4.56. The molecule has 0 aliphatic heterocycles. The molecule has 2 aromatic heterocycles. The highest BCUT2D eigenvalue weighted by Gasteiger charge is 2.27. The monoisotopic (exact) mass is 360 g/mol. The van der Waals surface area contributed by atoms with Gasteiger partial charge in [-0.15, -0.1) is 0 Å². The number of ether oxygens (including phenoxy) is 1. The van der Waals surface area contributed by atoms with E-state index < -0.39 is 0 Å². The Kier molecular flexibility index (Phi) is 4.57. The van der Waals surface area contributed by atoms with Crippen LogP contribution in [0.4, 0.5) is 0 Å². The van der Waals surface area contributed by atoms with Gasteiger partial charge < -0.3 is 10.5 Å². The highest BCUT2D eigenvalue weighted by molar-refractivity contribution is 5.70. The third kappa shape index (κ3) is 3.66. The Bertz CT molecular complexity index is 998. The van der Waals surface area contributed by atoms with E-state index in [-0.39, 0.29) is 0 Å². The summed E-state index contributed by atoms with van der Waals surface area (Å²) in [6.45, 7) is 0.508. The molecule has 136 valence electrons. The maximum atomic E-state index is 9.27. The molecule has 0 bridgehead atoms. The molecule has 0 unspecified atom stereocenters. The van der Waals surface area contributed by atoms with Crippen molar-refractivity contribution in [1.82, 2.24) is 19.7 Å². The molecule has 1 saturated carbocycles. The minimum Gasteiger partial charge on any atom is -0.439 e. The van der Waals surface area contributed by atoms with Crippen LogP contribution in [0.15, 0.2) is 36.7 Å². The van der Waals surface area contributed by atoms with Crippen molar-refractivity contribution in [3.63, 3.8) is 0 Å². The average Bonchev–Trinajstić information content (AvgIpc) is 3.47. The van der Waals surface area contributed by atoms with Crippen molar-refractivity contribution < 1.29 is 4.74 Å². The summed E-state index contributed by atoms with van der Waals surface area (Å²) in [5.74, 6) is 2.48. The Balaban J connectivity index is 1.69. The number of nitrogens with two attached hydrogens (primary N) is 1. The van der Waals surface area contributed by atoms with Gasteiger partial charge in [-0.3, -0.25) is 0 Å². The van der Waals surface area contributed by atoms with Gasteiger partial charge in [-0.1, -0.05) is 0 Å². The SMILES string of the molecule is Cn1nc(C2CC2)cc1Oc1cc(C#N)ccc1-c1cnc(CCN)nc1. The molecule has 0 amide bonds. The molecule has 2 heterocycles. The average molecular weight is 360 g/mol. The number of rotatable bonds is 6. The predicted molar refractivity (Wildman–Crippen MR) is 100 cm³/mol. The van der Waals surface area contributed by atoms with E-state index in [1.54, 1.807) is 29.2 Å². The summed E-state index contributed by atoms with van der Waals surface area (Å²) in [6.07, 6.45) is 6.50. The number of nitrogens with zero attached hydrogens (tertiary/aromatic N) is 5. The van der Waals surface area contributed by atoms with Crippen LogP contribution < -0.4 is 10.5 Å². The van der Waals surface area contributed by atoms with E-state index in [1.807, 2.05) is 19.2 Å². The number of hydrogen-bond donors (Lipinski definition) is 1. The van der Waals surface area contributed by atoms with Crippen LogP contribution in [0.3, 0.4) is 0 Å². The summed E-state index contributed by atoms with van der Waals surface area (Å²) >= 11 is 0. The fraction of sp³-hybridized carbons (Fsp3) is 0.300. The first-order chi connectivity index (χ1) is 13.2. The zero-order valence-corrected chi connectivity index (χ0v) is 15.1. The molecule has 3 aromatic rings. The van der Waals surface area contributed by atoms with Gasteiger partial charge in [-0.2, -0.15) is 10.4 Å². The highest BCUT2D eigenvalue weighted by atomic mass is 16.5. The largest absolute Gasteiger partial charge is 0.439 e. The van der Waals surface area contributed by atoms with Crippen molar-refractivity contribution >= 4 is 0 Å². The number of aryl methyl sites for hydroxylation is 1. The van der Waals surface area contributed by atoms with E-state index in [4.69, 9.17) is 10.5 Å². The predicted octanol–water partition coefficient (Wildman–Crippen LogP) is 2.92. The van der Waals surface area contributed by atoms with Gasteiger partial charge in [0.2, 0.25) is 5.88 Å². The standard InChI is InChI=1S/C20H20N6O/c1-26-20(9-17(25-26)14-3-4-14)27-18-8-13(10-22)2-5-16(18)15-11-23-19(6-7-21)24-12-15/h2,5,8-9,11-12,14H,3-4,6-7,21H2,1H3. The summed E-state index contributed by atoms with van der Waals surface area (Å²) in [7, 11) is 1.86. The van der Waals surface area contributed by atoms with Crippen LogP contribution in [0.1, 0.15) is 35.8 Å². The maximum Gasteiger partial charge on any atom is 0.217 e. The lowest BCUT2D eigenvalue weighted by atomic mass is 10.1. The number of hydrogen-bond acceptors (Lipinski definition) is 6. The van der Waals surface area contributed by atoms with E-state index in [0.29, 0.717) is 41.9 Å². The molecule has 1 aliphatic carbocycles. The van der Waals surface area contributed by atoms with Gasteiger partial charge in [-0.05, 0) is 37.6 Å². The summed E-state index contributed by atoms with van der Waals surface area (Å²) in [5, 5.41) is 13.8. The van der Waals surface area contributed by atoms with Gasteiger partial charge in [-0.25, -0.2) is 14.6 Å². The van der Waals surface area contributed by atoms with E-state index >= 15 is 0 Å². The molecule has 4 rings (SSSR count). The van der Waals surface area contributed by atoms with Gasteiger partial charge >= 0.3 is 0 Å². The van der Waals surface area contributed by atoms with Crippen molar-refractivity contribution in [3.05, 3.63) is 53.7 Å². The molecule has 0 spiro atoms. The Morgan fingerprint density at radius 2 is 2.04 bits per heavy atom. The van der Waals surface area contributed by atoms with Crippen LogP contribution in [-0.2, 0) is 13.5 Å². The second-order valence-corrected chi connectivity index (χ2v) is 6.66. The molecule has 1 fully saturated rings. The van der Waals surface area contributed by atoms with Crippen LogP contribution in [-0.4, -0.2) is 26.3 Å². The van der Waals surface area contributed by atoms with Crippen molar-refractivity contribution in [2.45, 2.75) is 25.2 Å². The topological polar surface area (TPSA) is 103 Å². The van der Waals surface area contributed by atoms with E-state index in [0.717, 1.165) is 16.8 Å². The first-order valence-electron chi connectivity index (χ1n) is 8.95. The van der Waals surface area contributed by atoms with Crippen molar-refractivity contribution in [2.75, 3.05) is 6.54 Å².